The SMILES string of the molecule is CCCCCCCCNC(=O)c1coc([C@@H]2CCCN2Cc2cc(OC)ccc2CCC(=O)NS(C)(=O)=O)n1. The van der Waals surface area contributed by atoms with Crippen LogP contribution in [-0.4, -0.2) is 56.6 Å². The molecule has 1 saturated heterocycles. The second kappa shape index (κ2) is 15.0. The Morgan fingerprint density at radius 1 is 1.15 bits per heavy atom. The highest BCUT2D eigenvalue weighted by Crippen LogP contribution is 2.34. The number of nitrogens with zero attached hydrogens (tertiary/aromatic N) is 2. The zero-order chi connectivity index (χ0) is 28.3. The largest absolute Gasteiger partial charge is 0.497 e. The summed E-state index contributed by atoms with van der Waals surface area (Å²) in [5, 5.41) is 2.94. The molecule has 0 spiro atoms. The number of aromatic nitrogens is 1. The van der Waals surface area contributed by atoms with Crippen LogP contribution in [0.3, 0.4) is 0 Å². The van der Waals surface area contributed by atoms with E-state index in [4.69, 9.17) is 9.15 Å². The molecule has 2 aromatic rings. The summed E-state index contributed by atoms with van der Waals surface area (Å²) < 4.78 is 35.9. The number of likely N-dealkylation sites (tertiary alicyclic amines) is 1. The number of amides is 2. The molecule has 11 heteroatoms. The quantitative estimate of drug-likeness (QED) is 0.292. The summed E-state index contributed by atoms with van der Waals surface area (Å²) >= 11 is 0. The molecular weight excluding hydrogens is 520 g/mol. The van der Waals surface area contributed by atoms with Crippen molar-refractivity contribution in [1.82, 2.24) is 19.9 Å². The Morgan fingerprint density at radius 3 is 2.67 bits per heavy atom. The van der Waals surface area contributed by atoms with Gasteiger partial charge >= 0.3 is 0 Å². The summed E-state index contributed by atoms with van der Waals surface area (Å²) in [7, 11) is -1.99. The number of oxazole rings is 1. The summed E-state index contributed by atoms with van der Waals surface area (Å²) in [6.45, 7) is 4.23. The number of methoxy groups -OCH3 is 1. The molecular formula is C28H42N4O6S. The second-order valence-corrected chi connectivity index (χ2v) is 11.9. The zero-order valence-corrected chi connectivity index (χ0v) is 24.1. The fourth-order valence-electron chi connectivity index (χ4n) is 4.88. The first-order chi connectivity index (χ1) is 18.7. The number of carbonyl (C=O) groups is 2. The van der Waals surface area contributed by atoms with Gasteiger partial charge in [0.25, 0.3) is 5.91 Å². The molecule has 10 nitrogen and oxygen atoms in total. The van der Waals surface area contributed by atoms with Gasteiger partial charge in [-0.3, -0.25) is 19.2 Å². The van der Waals surface area contributed by atoms with Crippen molar-refractivity contribution in [2.45, 2.75) is 83.7 Å². The molecule has 0 bridgehead atoms. The minimum absolute atomic E-state index is 0.0484. The molecule has 0 aliphatic carbocycles. The molecule has 1 fully saturated rings. The van der Waals surface area contributed by atoms with Crippen LogP contribution in [0.1, 0.15) is 98.3 Å². The smallest absolute Gasteiger partial charge is 0.273 e. The lowest BCUT2D eigenvalue weighted by Crippen LogP contribution is -2.29. The Labute approximate surface area is 231 Å². The molecule has 1 aromatic heterocycles. The van der Waals surface area contributed by atoms with Crippen LogP contribution >= 0.6 is 0 Å². The topological polar surface area (TPSA) is 131 Å². The van der Waals surface area contributed by atoms with E-state index in [0.29, 0.717) is 36.8 Å². The van der Waals surface area contributed by atoms with Crippen LogP contribution in [0.4, 0.5) is 0 Å². The van der Waals surface area contributed by atoms with Gasteiger partial charge in [-0.1, -0.05) is 45.1 Å². The molecule has 2 N–H and O–H groups in total. The summed E-state index contributed by atoms with van der Waals surface area (Å²) in [4.78, 5) is 31.4. The van der Waals surface area contributed by atoms with Crippen LogP contribution in [-0.2, 0) is 27.8 Å². The fraction of sp³-hybridized carbons (Fsp3) is 0.607. The number of nitrogens with one attached hydrogen (secondary N) is 2. The number of ether oxygens (including phenoxy) is 1. The van der Waals surface area contributed by atoms with Gasteiger partial charge in [0, 0.05) is 19.5 Å². The van der Waals surface area contributed by atoms with Crippen LogP contribution in [0.25, 0.3) is 0 Å². The van der Waals surface area contributed by atoms with Crippen molar-refractivity contribution in [3.05, 3.63) is 47.2 Å². The molecule has 216 valence electrons. The zero-order valence-electron chi connectivity index (χ0n) is 23.3. The van der Waals surface area contributed by atoms with Gasteiger partial charge in [-0.15, -0.1) is 0 Å². The summed E-state index contributed by atoms with van der Waals surface area (Å²) in [5.74, 6) is 0.464. The van der Waals surface area contributed by atoms with Gasteiger partial charge < -0.3 is 14.5 Å². The van der Waals surface area contributed by atoms with Crippen molar-refractivity contribution >= 4 is 21.8 Å². The van der Waals surface area contributed by atoms with Crippen molar-refractivity contribution < 1.29 is 27.2 Å². The lowest BCUT2D eigenvalue weighted by atomic mass is 10.0. The third-order valence-corrected chi connectivity index (χ3v) is 7.53. The molecule has 39 heavy (non-hydrogen) atoms. The molecule has 1 aliphatic rings. The lowest BCUT2D eigenvalue weighted by molar-refractivity contribution is -0.119. The molecule has 1 atom stereocenters. The number of carbonyl (C=O) groups excluding carboxylic acids is 2. The van der Waals surface area contributed by atoms with Crippen molar-refractivity contribution in [2.24, 2.45) is 0 Å². The van der Waals surface area contributed by atoms with E-state index in [-0.39, 0.29) is 18.4 Å². The highest BCUT2D eigenvalue weighted by Gasteiger charge is 2.31. The third-order valence-electron chi connectivity index (χ3n) is 6.93. The van der Waals surface area contributed by atoms with E-state index in [1.807, 2.05) is 22.9 Å². The number of unbranched alkanes of at least 4 members (excludes halogenated alkanes) is 5. The van der Waals surface area contributed by atoms with E-state index in [1.54, 1.807) is 7.11 Å². The Morgan fingerprint density at radius 2 is 1.92 bits per heavy atom. The van der Waals surface area contributed by atoms with E-state index >= 15 is 0 Å². The normalized spacial score (nSPS) is 15.8. The number of hydrogen-bond donors (Lipinski definition) is 2. The van der Waals surface area contributed by atoms with Crippen LogP contribution in [0.15, 0.2) is 28.9 Å². The molecule has 1 aliphatic heterocycles. The van der Waals surface area contributed by atoms with Crippen LogP contribution < -0.4 is 14.8 Å². The Balaban J connectivity index is 1.60. The predicted molar refractivity (Wildman–Crippen MR) is 149 cm³/mol. The molecule has 0 radical (unpaired) electrons. The highest BCUT2D eigenvalue weighted by molar-refractivity contribution is 7.89. The van der Waals surface area contributed by atoms with Gasteiger partial charge in [0.05, 0.1) is 19.4 Å². The van der Waals surface area contributed by atoms with Crippen LogP contribution in [0.2, 0.25) is 0 Å². The van der Waals surface area contributed by atoms with Crippen LogP contribution in [0, 0.1) is 0 Å². The molecule has 2 heterocycles. The summed E-state index contributed by atoms with van der Waals surface area (Å²) in [5.41, 5.74) is 2.21. The third kappa shape index (κ3) is 9.96. The molecule has 3 rings (SSSR count). The molecule has 0 saturated carbocycles. The van der Waals surface area contributed by atoms with Crippen LogP contribution in [0.5, 0.6) is 5.75 Å². The highest BCUT2D eigenvalue weighted by atomic mass is 32.2. The van der Waals surface area contributed by atoms with Gasteiger partial charge in [0.1, 0.15) is 12.0 Å². The first-order valence-electron chi connectivity index (χ1n) is 13.8. The van der Waals surface area contributed by atoms with E-state index < -0.39 is 15.9 Å². The van der Waals surface area contributed by atoms with Gasteiger partial charge in [0.15, 0.2) is 5.69 Å². The van der Waals surface area contributed by atoms with Crippen molar-refractivity contribution in [3.8, 4) is 5.75 Å². The summed E-state index contributed by atoms with van der Waals surface area (Å²) in [6.07, 6.45) is 11.6. The number of rotatable bonds is 16. The Kier molecular flexibility index (Phi) is 11.8. The van der Waals surface area contributed by atoms with E-state index in [0.717, 1.165) is 49.6 Å². The molecule has 2 amide bonds. The van der Waals surface area contributed by atoms with Crippen molar-refractivity contribution in [3.63, 3.8) is 0 Å². The Bertz CT molecular complexity index is 1200. The molecule has 1 aromatic carbocycles. The Hall–Kier alpha value is -2.92. The minimum atomic E-state index is -3.59. The van der Waals surface area contributed by atoms with E-state index in [1.165, 1.54) is 31.9 Å². The van der Waals surface area contributed by atoms with Gasteiger partial charge in [0.2, 0.25) is 21.8 Å². The number of benzene rings is 1. The predicted octanol–water partition coefficient (Wildman–Crippen LogP) is 4.12. The molecule has 0 unspecified atom stereocenters. The first-order valence-corrected chi connectivity index (χ1v) is 15.7. The first kappa shape index (κ1) is 30.6. The standard InChI is InChI=1S/C28H42N4O6S/c1-4-5-6-7-8-9-16-29-27(34)24-20-38-28(30-24)25-11-10-17-32(25)19-22-18-23(37-2)14-12-21(22)13-15-26(33)31-39(3,35)36/h12,14,18,20,25H,4-11,13,15-17,19H2,1-3H3,(H,29,34)(H,31,33)/t25-/m0/s1. The number of sulfonamides is 1. The second-order valence-electron chi connectivity index (χ2n) is 10.2. The van der Waals surface area contributed by atoms with E-state index in [2.05, 4.69) is 22.1 Å². The average molecular weight is 563 g/mol. The van der Waals surface area contributed by atoms with Gasteiger partial charge in [-0.25, -0.2) is 13.4 Å². The average Bonchev–Trinajstić information content (AvgIpc) is 3.56. The maximum Gasteiger partial charge on any atom is 0.273 e. The van der Waals surface area contributed by atoms with Crippen molar-refractivity contribution in [2.75, 3.05) is 26.5 Å². The lowest BCUT2D eigenvalue weighted by Gasteiger charge is -2.23. The number of hydrogen-bond acceptors (Lipinski definition) is 8. The number of aryl methyl sites for hydroxylation is 1. The monoisotopic (exact) mass is 562 g/mol. The fourth-order valence-corrected chi connectivity index (χ4v) is 5.40. The van der Waals surface area contributed by atoms with Gasteiger partial charge in [-0.2, -0.15) is 0 Å². The minimum Gasteiger partial charge on any atom is -0.497 e. The maximum absolute atomic E-state index is 12.6. The van der Waals surface area contributed by atoms with E-state index in [9.17, 15) is 18.0 Å². The maximum atomic E-state index is 12.6. The summed E-state index contributed by atoms with van der Waals surface area (Å²) in [6, 6.07) is 5.61. The van der Waals surface area contributed by atoms with Crippen molar-refractivity contribution in [1.29, 1.82) is 0 Å². The van der Waals surface area contributed by atoms with Gasteiger partial charge in [-0.05, 0) is 55.5 Å².